The SMILES string of the molecule is O=C(/C=C1\CC[C@]12CC[C@@]1(O)[C@H]3Cc4ccc(O)c5c4[C@@]1(CCN3CC1CC1)[C@H]2O5)N1CCC1. The summed E-state index contributed by atoms with van der Waals surface area (Å²) < 4.78 is 6.78. The van der Waals surface area contributed by atoms with Crippen LogP contribution in [-0.2, 0) is 16.6 Å². The van der Waals surface area contributed by atoms with E-state index in [4.69, 9.17) is 4.74 Å². The highest BCUT2D eigenvalue weighted by atomic mass is 16.5. The van der Waals surface area contributed by atoms with Crippen LogP contribution in [0.4, 0.5) is 0 Å². The second-order valence-corrected chi connectivity index (χ2v) is 12.3. The van der Waals surface area contributed by atoms with Crippen molar-refractivity contribution in [2.45, 2.75) is 80.9 Å². The van der Waals surface area contributed by atoms with Gasteiger partial charge in [0.25, 0.3) is 0 Å². The van der Waals surface area contributed by atoms with E-state index in [9.17, 15) is 15.0 Å². The molecular formula is C28H34N2O4. The molecule has 1 aromatic carbocycles. The summed E-state index contributed by atoms with van der Waals surface area (Å²) >= 11 is 0. The first-order valence-electron chi connectivity index (χ1n) is 13.4. The van der Waals surface area contributed by atoms with Crippen molar-refractivity contribution >= 4 is 5.91 Å². The number of piperidine rings is 1. The minimum Gasteiger partial charge on any atom is -0.504 e. The molecule has 34 heavy (non-hydrogen) atoms. The number of ether oxygens (including phenoxy) is 1. The highest BCUT2D eigenvalue weighted by molar-refractivity contribution is 5.89. The molecule has 180 valence electrons. The fourth-order valence-corrected chi connectivity index (χ4v) is 8.78. The first-order chi connectivity index (χ1) is 16.5. The monoisotopic (exact) mass is 462 g/mol. The van der Waals surface area contributed by atoms with Gasteiger partial charge in [-0.3, -0.25) is 9.69 Å². The average Bonchev–Trinajstić information content (AvgIpc) is 3.51. The van der Waals surface area contributed by atoms with Crippen molar-refractivity contribution in [3.8, 4) is 11.5 Å². The van der Waals surface area contributed by atoms with E-state index in [1.54, 1.807) is 6.07 Å². The Bertz CT molecular complexity index is 1140. The largest absolute Gasteiger partial charge is 0.504 e. The molecule has 5 fully saturated rings. The maximum Gasteiger partial charge on any atom is 0.246 e. The summed E-state index contributed by atoms with van der Waals surface area (Å²) in [5.74, 6) is 1.73. The number of phenols is 1. The lowest BCUT2D eigenvalue weighted by Gasteiger charge is -2.68. The second-order valence-electron chi connectivity index (χ2n) is 12.3. The van der Waals surface area contributed by atoms with Gasteiger partial charge < -0.3 is 19.8 Å². The molecule has 1 amide bonds. The summed E-state index contributed by atoms with van der Waals surface area (Å²) in [7, 11) is 0. The van der Waals surface area contributed by atoms with Crippen LogP contribution in [0.5, 0.6) is 11.5 Å². The van der Waals surface area contributed by atoms with Crippen molar-refractivity contribution in [1.29, 1.82) is 0 Å². The number of rotatable bonds is 3. The average molecular weight is 463 g/mol. The number of likely N-dealkylation sites (tertiary alicyclic amines) is 2. The Balaban J connectivity index is 1.26. The van der Waals surface area contributed by atoms with E-state index < -0.39 is 11.0 Å². The van der Waals surface area contributed by atoms with Crippen molar-refractivity contribution in [1.82, 2.24) is 9.80 Å². The summed E-state index contributed by atoms with van der Waals surface area (Å²) in [5, 5.41) is 23.5. The second kappa shape index (κ2) is 6.38. The summed E-state index contributed by atoms with van der Waals surface area (Å²) in [6, 6.07) is 3.95. The first kappa shape index (κ1) is 20.2. The number of amides is 1. The normalized spacial score (nSPS) is 42.7. The molecule has 3 heterocycles. The molecule has 2 N–H and O–H groups in total. The topological polar surface area (TPSA) is 73.2 Å². The number of aliphatic hydroxyl groups is 1. The Morgan fingerprint density at radius 2 is 2.00 bits per heavy atom. The lowest BCUT2D eigenvalue weighted by atomic mass is 9.40. The first-order valence-corrected chi connectivity index (χ1v) is 13.4. The highest BCUT2D eigenvalue weighted by Crippen LogP contribution is 2.72. The smallest absolute Gasteiger partial charge is 0.246 e. The zero-order chi connectivity index (χ0) is 22.9. The third-order valence-electron chi connectivity index (χ3n) is 10.9. The van der Waals surface area contributed by atoms with Crippen LogP contribution < -0.4 is 4.74 Å². The number of carbonyl (C=O) groups excluding carboxylic acids is 1. The maximum absolute atomic E-state index is 12.9. The lowest BCUT2D eigenvalue weighted by Crippen LogP contribution is -2.78. The van der Waals surface area contributed by atoms with Gasteiger partial charge in [0, 0.05) is 42.7 Å². The van der Waals surface area contributed by atoms with Gasteiger partial charge in [-0.15, -0.1) is 0 Å². The van der Waals surface area contributed by atoms with Crippen molar-refractivity contribution in [3.63, 3.8) is 0 Å². The van der Waals surface area contributed by atoms with Gasteiger partial charge in [0.1, 0.15) is 6.10 Å². The Hall–Kier alpha value is -2.05. The zero-order valence-electron chi connectivity index (χ0n) is 19.8. The van der Waals surface area contributed by atoms with Gasteiger partial charge in [-0.2, -0.15) is 0 Å². The number of hydrogen-bond donors (Lipinski definition) is 2. The van der Waals surface area contributed by atoms with Crippen LogP contribution in [0.3, 0.4) is 0 Å². The number of hydrogen-bond acceptors (Lipinski definition) is 5. The molecule has 1 aromatic rings. The van der Waals surface area contributed by atoms with Gasteiger partial charge in [0.15, 0.2) is 11.5 Å². The van der Waals surface area contributed by atoms with Crippen LogP contribution in [-0.4, -0.2) is 69.8 Å². The van der Waals surface area contributed by atoms with E-state index >= 15 is 0 Å². The van der Waals surface area contributed by atoms with Crippen LogP contribution >= 0.6 is 0 Å². The molecule has 0 aromatic heterocycles. The van der Waals surface area contributed by atoms with Gasteiger partial charge in [0.2, 0.25) is 5.91 Å². The Morgan fingerprint density at radius 1 is 1.15 bits per heavy atom. The number of benzene rings is 1. The lowest BCUT2D eigenvalue weighted by molar-refractivity contribution is -0.218. The molecule has 3 aliphatic heterocycles. The predicted octanol–water partition coefficient (Wildman–Crippen LogP) is 2.90. The number of phenolic OH excluding ortho intramolecular Hbond substituents is 1. The molecule has 4 aliphatic carbocycles. The van der Waals surface area contributed by atoms with Crippen LogP contribution in [0.15, 0.2) is 23.8 Å². The predicted molar refractivity (Wildman–Crippen MR) is 126 cm³/mol. The number of aromatic hydroxyl groups is 1. The van der Waals surface area contributed by atoms with E-state index in [1.165, 1.54) is 24.0 Å². The molecule has 0 radical (unpaired) electrons. The fraction of sp³-hybridized carbons (Fsp3) is 0.679. The molecule has 5 atom stereocenters. The van der Waals surface area contributed by atoms with Crippen molar-refractivity contribution in [2.24, 2.45) is 11.3 Å². The quantitative estimate of drug-likeness (QED) is 0.676. The van der Waals surface area contributed by atoms with E-state index in [0.717, 1.165) is 82.6 Å². The Labute approximate surface area is 200 Å². The summed E-state index contributed by atoms with van der Waals surface area (Å²) in [5.41, 5.74) is 1.96. The molecule has 7 aliphatic rings. The van der Waals surface area contributed by atoms with Crippen molar-refractivity contribution in [3.05, 3.63) is 34.9 Å². The summed E-state index contributed by atoms with van der Waals surface area (Å²) in [4.78, 5) is 17.4. The van der Waals surface area contributed by atoms with Crippen LogP contribution in [0.1, 0.15) is 62.5 Å². The van der Waals surface area contributed by atoms with Crippen molar-refractivity contribution < 1.29 is 19.7 Å². The van der Waals surface area contributed by atoms with E-state index in [2.05, 4.69) is 11.0 Å². The molecule has 0 unspecified atom stereocenters. The third-order valence-corrected chi connectivity index (χ3v) is 10.9. The molecule has 2 saturated heterocycles. The van der Waals surface area contributed by atoms with Crippen LogP contribution in [0, 0.1) is 11.3 Å². The van der Waals surface area contributed by atoms with Gasteiger partial charge in [-0.05, 0) is 81.9 Å². The molecule has 2 spiro atoms. The van der Waals surface area contributed by atoms with Gasteiger partial charge in [0.05, 0.1) is 11.0 Å². The number of fused-ring (bicyclic) bond motifs is 1. The molecule has 6 heteroatoms. The maximum atomic E-state index is 12.9. The third kappa shape index (κ3) is 2.24. The zero-order valence-corrected chi connectivity index (χ0v) is 19.8. The molecule has 2 bridgehead atoms. The highest BCUT2D eigenvalue weighted by Gasteiger charge is 2.77. The minimum absolute atomic E-state index is 0.100. The molecule has 8 rings (SSSR count). The van der Waals surface area contributed by atoms with E-state index in [1.807, 2.05) is 11.0 Å². The van der Waals surface area contributed by atoms with Crippen molar-refractivity contribution in [2.75, 3.05) is 26.2 Å². The van der Waals surface area contributed by atoms with Crippen LogP contribution in [0.2, 0.25) is 0 Å². The van der Waals surface area contributed by atoms with Crippen LogP contribution in [0.25, 0.3) is 0 Å². The van der Waals surface area contributed by atoms with Gasteiger partial charge >= 0.3 is 0 Å². The molecule has 3 saturated carbocycles. The number of carbonyl (C=O) groups is 1. The van der Waals surface area contributed by atoms with Gasteiger partial charge in [-0.1, -0.05) is 11.6 Å². The minimum atomic E-state index is -0.857. The Morgan fingerprint density at radius 3 is 2.71 bits per heavy atom. The Kier molecular flexibility index (Phi) is 3.79. The molecular weight excluding hydrogens is 428 g/mol. The molecule has 6 nitrogen and oxygen atoms in total. The van der Waals surface area contributed by atoms with Gasteiger partial charge in [-0.25, -0.2) is 0 Å². The fourth-order valence-electron chi connectivity index (χ4n) is 8.78. The van der Waals surface area contributed by atoms with E-state index in [0.29, 0.717) is 5.75 Å². The van der Waals surface area contributed by atoms with E-state index in [-0.39, 0.29) is 29.2 Å². The summed E-state index contributed by atoms with van der Waals surface area (Å²) in [6.45, 7) is 3.79. The summed E-state index contributed by atoms with van der Waals surface area (Å²) in [6.07, 6.45) is 10.6. The number of nitrogens with zero attached hydrogens (tertiary/aromatic N) is 2. The standard InChI is InChI=1S/C28H34N2O4/c31-20-5-4-18-14-21-28(33)9-8-26(7-6-19(26)15-22(32)29-11-1-12-29)25-27(28,23(18)24(20)34-25)10-13-30(21)16-17-2-3-17/h4-5,15,17,21,25,31,33H,1-3,6-14,16H2/b19-15+/t21-,25+,26+,27+,28-/m1/s1.